The van der Waals surface area contributed by atoms with Gasteiger partial charge in [-0.2, -0.15) is 0 Å². The van der Waals surface area contributed by atoms with E-state index >= 15 is 0 Å². The van der Waals surface area contributed by atoms with E-state index in [0.717, 1.165) is 0 Å². The molecule has 1 heterocycles. The average Bonchev–Trinajstić information content (AvgIpc) is 2.38. The van der Waals surface area contributed by atoms with Crippen molar-refractivity contribution in [2.75, 3.05) is 6.61 Å². The molecule has 1 aromatic carbocycles. The molecule has 0 atom stereocenters. The van der Waals surface area contributed by atoms with Crippen molar-refractivity contribution in [2.24, 2.45) is 0 Å². The second-order valence-corrected chi connectivity index (χ2v) is 4.55. The van der Waals surface area contributed by atoms with Crippen molar-refractivity contribution >= 4 is 29.2 Å². The van der Waals surface area contributed by atoms with Gasteiger partial charge in [0, 0.05) is 28.0 Å². The molecule has 0 bridgehead atoms. The van der Waals surface area contributed by atoms with Crippen LogP contribution in [0.3, 0.4) is 0 Å². The maximum Gasteiger partial charge on any atom is 0.341 e. The molecular formula is C13H10Cl2N2O2. The van der Waals surface area contributed by atoms with E-state index in [1.165, 1.54) is 12.4 Å². The summed E-state index contributed by atoms with van der Waals surface area (Å²) in [5, 5.41) is 1.00. The van der Waals surface area contributed by atoms with Gasteiger partial charge >= 0.3 is 5.97 Å². The number of ether oxygens (including phenoxy) is 1. The third-order valence-electron chi connectivity index (χ3n) is 2.28. The van der Waals surface area contributed by atoms with Gasteiger partial charge in [-0.3, -0.25) is 0 Å². The van der Waals surface area contributed by atoms with Crippen LogP contribution in [-0.2, 0) is 4.74 Å². The SMILES string of the molecule is CCOC(=O)c1cnc(-c2cc(Cl)cc(Cl)c2)nc1. The summed E-state index contributed by atoms with van der Waals surface area (Å²) < 4.78 is 4.85. The standard InChI is InChI=1S/C13H10Cl2N2O2/c1-2-19-13(18)9-6-16-12(17-7-9)8-3-10(14)5-11(15)4-8/h3-7H,2H2,1H3. The molecule has 0 spiro atoms. The number of nitrogens with zero attached hydrogens (tertiary/aromatic N) is 2. The third kappa shape index (κ3) is 3.43. The van der Waals surface area contributed by atoms with Crippen LogP contribution in [-0.4, -0.2) is 22.5 Å². The molecule has 0 saturated carbocycles. The number of carbonyl (C=O) groups excluding carboxylic acids is 1. The Morgan fingerprint density at radius 3 is 2.26 bits per heavy atom. The monoisotopic (exact) mass is 296 g/mol. The molecular weight excluding hydrogens is 287 g/mol. The van der Waals surface area contributed by atoms with Crippen LogP contribution in [0.1, 0.15) is 17.3 Å². The molecule has 0 N–H and O–H groups in total. The predicted octanol–water partition coefficient (Wildman–Crippen LogP) is 3.63. The molecule has 6 heteroatoms. The van der Waals surface area contributed by atoms with Crippen LogP contribution in [0.25, 0.3) is 11.4 Å². The summed E-state index contributed by atoms with van der Waals surface area (Å²) in [6.45, 7) is 2.05. The number of esters is 1. The van der Waals surface area contributed by atoms with E-state index in [-0.39, 0.29) is 0 Å². The average molecular weight is 297 g/mol. The summed E-state index contributed by atoms with van der Waals surface area (Å²) in [6, 6.07) is 5.03. The quantitative estimate of drug-likeness (QED) is 0.812. The predicted molar refractivity (Wildman–Crippen MR) is 73.4 cm³/mol. The lowest BCUT2D eigenvalue weighted by atomic mass is 10.2. The summed E-state index contributed by atoms with van der Waals surface area (Å²) in [6.07, 6.45) is 2.82. The topological polar surface area (TPSA) is 52.1 Å². The normalized spacial score (nSPS) is 10.3. The van der Waals surface area contributed by atoms with Gasteiger partial charge in [0.25, 0.3) is 0 Å². The fraction of sp³-hybridized carbons (Fsp3) is 0.154. The van der Waals surface area contributed by atoms with Gasteiger partial charge in [-0.05, 0) is 25.1 Å². The first-order valence-electron chi connectivity index (χ1n) is 5.56. The van der Waals surface area contributed by atoms with Crippen molar-refractivity contribution < 1.29 is 9.53 Å². The van der Waals surface area contributed by atoms with Crippen molar-refractivity contribution in [1.82, 2.24) is 9.97 Å². The molecule has 0 fully saturated rings. The van der Waals surface area contributed by atoms with E-state index in [1.54, 1.807) is 25.1 Å². The molecule has 2 aromatic rings. The molecule has 0 aliphatic carbocycles. The molecule has 1 aromatic heterocycles. The number of rotatable bonds is 3. The van der Waals surface area contributed by atoms with E-state index in [2.05, 4.69) is 9.97 Å². The molecule has 19 heavy (non-hydrogen) atoms. The lowest BCUT2D eigenvalue weighted by molar-refractivity contribution is 0.0525. The molecule has 98 valence electrons. The van der Waals surface area contributed by atoms with Gasteiger partial charge in [0.2, 0.25) is 0 Å². The summed E-state index contributed by atoms with van der Waals surface area (Å²) >= 11 is 11.8. The number of carbonyl (C=O) groups is 1. The highest BCUT2D eigenvalue weighted by atomic mass is 35.5. The molecule has 2 rings (SSSR count). The largest absolute Gasteiger partial charge is 0.462 e. The second-order valence-electron chi connectivity index (χ2n) is 3.67. The van der Waals surface area contributed by atoms with Crippen LogP contribution in [0.15, 0.2) is 30.6 Å². The van der Waals surface area contributed by atoms with Gasteiger partial charge in [-0.15, -0.1) is 0 Å². The van der Waals surface area contributed by atoms with Crippen LogP contribution in [0.4, 0.5) is 0 Å². The number of hydrogen-bond donors (Lipinski definition) is 0. The Morgan fingerprint density at radius 1 is 1.16 bits per heavy atom. The summed E-state index contributed by atoms with van der Waals surface area (Å²) in [5.41, 5.74) is 0.992. The number of benzene rings is 1. The van der Waals surface area contributed by atoms with Crippen LogP contribution in [0.2, 0.25) is 10.0 Å². The van der Waals surface area contributed by atoms with Gasteiger partial charge in [0.05, 0.1) is 12.2 Å². The Hall–Kier alpha value is -1.65. The summed E-state index contributed by atoms with van der Waals surface area (Å²) in [5.74, 6) is -0.00405. The zero-order valence-corrected chi connectivity index (χ0v) is 11.6. The Labute approximate surface area is 120 Å². The van der Waals surface area contributed by atoms with Crippen LogP contribution < -0.4 is 0 Å². The molecule has 0 unspecified atom stereocenters. The second kappa shape index (κ2) is 5.99. The van der Waals surface area contributed by atoms with Crippen molar-refractivity contribution in [3.8, 4) is 11.4 Å². The Kier molecular flexibility index (Phi) is 4.35. The Balaban J connectivity index is 2.29. The zero-order valence-electron chi connectivity index (χ0n) is 10.1. The maximum atomic E-state index is 11.5. The van der Waals surface area contributed by atoms with E-state index < -0.39 is 5.97 Å². The van der Waals surface area contributed by atoms with Gasteiger partial charge < -0.3 is 4.74 Å². The van der Waals surface area contributed by atoms with Crippen LogP contribution >= 0.6 is 23.2 Å². The van der Waals surface area contributed by atoms with E-state index in [1.807, 2.05) is 0 Å². The first-order valence-corrected chi connectivity index (χ1v) is 6.31. The van der Waals surface area contributed by atoms with E-state index in [0.29, 0.717) is 33.6 Å². The van der Waals surface area contributed by atoms with Crippen LogP contribution in [0.5, 0.6) is 0 Å². The fourth-order valence-electron chi connectivity index (χ4n) is 1.48. The minimum Gasteiger partial charge on any atom is -0.462 e. The lowest BCUT2D eigenvalue weighted by Gasteiger charge is -2.04. The molecule has 0 aliphatic heterocycles. The summed E-state index contributed by atoms with van der Waals surface area (Å²) in [7, 11) is 0. The third-order valence-corrected chi connectivity index (χ3v) is 2.72. The minimum absolute atomic E-state index is 0.304. The van der Waals surface area contributed by atoms with E-state index in [4.69, 9.17) is 27.9 Å². The summed E-state index contributed by atoms with van der Waals surface area (Å²) in [4.78, 5) is 19.7. The first kappa shape index (κ1) is 13.8. The highest BCUT2D eigenvalue weighted by Gasteiger charge is 2.09. The van der Waals surface area contributed by atoms with Gasteiger partial charge in [-0.1, -0.05) is 23.2 Å². The van der Waals surface area contributed by atoms with Crippen molar-refractivity contribution in [2.45, 2.75) is 6.92 Å². The van der Waals surface area contributed by atoms with Crippen molar-refractivity contribution in [1.29, 1.82) is 0 Å². The van der Waals surface area contributed by atoms with Gasteiger partial charge in [0.15, 0.2) is 5.82 Å². The smallest absolute Gasteiger partial charge is 0.341 e. The first-order chi connectivity index (χ1) is 9.10. The van der Waals surface area contributed by atoms with E-state index in [9.17, 15) is 4.79 Å². The zero-order chi connectivity index (χ0) is 13.8. The molecule has 0 radical (unpaired) electrons. The Morgan fingerprint density at radius 2 is 1.74 bits per heavy atom. The maximum absolute atomic E-state index is 11.5. The van der Waals surface area contributed by atoms with Gasteiger partial charge in [0.1, 0.15) is 0 Å². The van der Waals surface area contributed by atoms with Crippen molar-refractivity contribution in [3.05, 3.63) is 46.2 Å². The highest BCUT2D eigenvalue weighted by molar-refractivity contribution is 6.35. The fourth-order valence-corrected chi connectivity index (χ4v) is 2.01. The van der Waals surface area contributed by atoms with Crippen molar-refractivity contribution in [3.63, 3.8) is 0 Å². The molecule has 0 amide bonds. The highest BCUT2D eigenvalue weighted by Crippen LogP contribution is 2.24. The number of aromatic nitrogens is 2. The lowest BCUT2D eigenvalue weighted by Crippen LogP contribution is -2.06. The Bertz CT molecular complexity index is 580. The van der Waals surface area contributed by atoms with Gasteiger partial charge in [-0.25, -0.2) is 14.8 Å². The number of halogens is 2. The molecule has 4 nitrogen and oxygen atoms in total. The van der Waals surface area contributed by atoms with Crippen LogP contribution in [0, 0.1) is 0 Å². The minimum atomic E-state index is -0.446. The molecule has 0 saturated heterocycles. The number of hydrogen-bond acceptors (Lipinski definition) is 4. The molecule has 0 aliphatic rings.